The topological polar surface area (TPSA) is 88.8 Å². The highest BCUT2D eigenvalue weighted by Gasteiger charge is 2.27. The van der Waals surface area contributed by atoms with Crippen LogP contribution in [0.2, 0.25) is 0 Å². The van der Waals surface area contributed by atoms with E-state index in [4.69, 9.17) is 4.74 Å². The SMILES string of the molecule is CN/C(=C\[N+](=O)[O-])NCCSCC1(OC)C=CC=NC1. The Morgan fingerprint density at radius 1 is 1.70 bits per heavy atom. The zero-order valence-corrected chi connectivity index (χ0v) is 12.5. The number of rotatable bonds is 9. The number of hydrogen-bond acceptors (Lipinski definition) is 7. The highest BCUT2D eigenvalue weighted by atomic mass is 32.2. The third-order valence-electron chi connectivity index (χ3n) is 2.77. The number of dihydropyridines is 1. The van der Waals surface area contributed by atoms with Gasteiger partial charge in [0.05, 0.1) is 11.5 Å². The molecule has 1 aliphatic rings. The first kappa shape index (κ1) is 16.5. The van der Waals surface area contributed by atoms with Gasteiger partial charge in [0, 0.05) is 38.4 Å². The van der Waals surface area contributed by atoms with Gasteiger partial charge in [0.2, 0.25) is 0 Å². The van der Waals surface area contributed by atoms with Crippen molar-refractivity contribution >= 4 is 18.0 Å². The van der Waals surface area contributed by atoms with Crippen molar-refractivity contribution in [1.82, 2.24) is 10.6 Å². The van der Waals surface area contributed by atoms with E-state index in [0.717, 1.165) is 17.7 Å². The van der Waals surface area contributed by atoms with Crippen LogP contribution in [0.3, 0.4) is 0 Å². The Morgan fingerprint density at radius 2 is 2.50 bits per heavy atom. The van der Waals surface area contributed by atoms with Gasteiger partial charge >= 0.3 is 0 Å². The van der Waals surface area contributed by atoms with Gasteiger partial charge in [0.15, 0.2) is 5.82 Å². The summed E-state index contributed by atoms with van der Waals surface area (Å²) in [6.07, 6.45) is 6.60. The average Bonchev–Trinajstić information content (AvgIpc) is 2.46. The maximum atomic E-state index is 10.4. The van der Waals surface area contributed by atoms with Gasteiger partial charge in [-0.05, 0) is 12.2 Å². The predicted molar refractivity (Wildman–Crippen MR) is 81.7 cm³/mol. The van der Waals surface area contributed by atoms with Crippen LogP contribution in [0.25, 0.3) is 0 Å². The van der Waals surface area contributed by atoms with Crippen molar-refractivity contribution in [3.8, 4) is 0 Å². The summed E-state index contributed by atoms with van der Waals surface area (Å²) in [6.45, 7) is 1.27. The lowest BCUT2D eigenvalue weighted by Gasteiger charge is -2.28. The highest BCUT2D eigenvalue weighted by Crippen LogP contribution is 2.21. The summed E-state index contributed by atoms with van der Waals surface area (Å²) in [4.78, 5) is 14.1. The molecule has 0 spiro atoms. The van der Waals surface area contributed by atoms with Crippen molar-refractivity contribution in [2.75, 3.05) is 38.8 Å². The molecule has 1 aliphatic heterocycles. The Labute approximate surface area is 122 Å². The zero-order chi connectivity index (χ0) is 14.8. The minimum absolute atomic E-state index is 0.331. The van der Waals surface area contributed by atoms with Crippen molar-refractivity contribution in [3.05, 3.63) is 34.3 Å². The molecule has 1 heterocycles. The molecule has 0 aromatic carbocycles. The molecule has 20 heavy (non-hydrogen) atoms. The largest absolute Gasteiger partial charge is 0.371 e. The molecule has 0 fully saturated rings. The molecule has 0 saturated carbocycles. The summed E-state index contributed by atoms with van der Waals surface area (Å²) in [5.41, 5.74) is -0.331. The normalized spacial score (nSPS) is 21.8. The van der Waals surface area contributed by atoms with E-state index in [1.807, 2.05) is 12.2 Å². The third-order valence-corrected chi connectivity index (χ3v) is 3.95. The van der Waals surface area contributed by atoms with Crippen molar-refractivity contribution in [2.24, 2.45) is 4.99 Å². The van der Waals surface area contributed by atoms with Gasteiger partial charge in [-0.15, -0.1) is 0 Å². The van der Waals surface area contributed by atoms with E-state index in [0.29, 0.717) is 18.9 Å². The summed E-state index contributed by atoms with van der Waals surface area (Å²) in [6, 6.07) is 0. The van der Waals surface area contributed by atoms with Gasteiger partial charge in [0.25, 0.3) is 6.20 Å². The standard InChI is InChI=1S/C12H20N4O3S/c1-13-11(8-16(17)18)15-6-7-20-10-12(19-2)4-3-5-14-9-12/h3-5,8,13,15H,6-7,9-10H2,1-2H3/b11-8+. The molecule has 7 nitrogen and oxygen atoms in total. The first-order chi connectivity index (χ1) is 9.62. The molecule has 2 N–H and O–H groups in total. The minimum Gasteiger partial charge on any atom is -0.371 e. The first-order valence-corrected chi connectivity index (χ1v) is 7.35. The second kappa shape index (κ2) is 8.60. The molecule has 112 valence electrons. The molecule has 0 saturated heterocycles. The second-order valence-electron chi connectivity index (χ2n) is 4.18. The van der Waals surface area contributed by atoms with Crippen molar-refractivity contribution < 1.29 is 9.66 Å². The predicted octanol–water partition coefficient (Wildman–Crippen LogP) is 0.630. The molecule has 0 aliphatic carbocycles. The number of thioether (sulfide) groups is 1. The maximum absolute atomic E-state index is 10.4. The number of aliphatic imine (C=N–C) groups is 1. The number of nitrogens with one attached hydrogen (secondary N) is 2. The smallest absolute Gasteiger partial charge is 0.274 e. The number of nitrogens with zero attached hydrogens (tertiary/aromatic N) is 2. The molecule has 0 aromatic rings. The fourth-order valence-electron chi connectivity index (χ4n) is 1.63. The number of allylic oxidation sites excluding steroid dienone is 1. The molecule has 0 bridgehead atoms. The summed E-state index contributed by atoms with van der Waals surface area (Å²) in [7, 11) is 3.32. The van der Waals surface area contributed by atoms with E-state index in [2.05, 4.69) is 15.6 Å². The van der Waals surface area contributed by atoms with E-state index in [9.17, 15) is 10.1 Å². The molecule has 0 radical (unpaired) electrons. The third kappa shape index (κ3) is 5.62. The fourth-order valence-corrected chi connectivity index (χ4v) is 2.67. The average molecular weight is 300 g/mol. The van der Waals surface area contributed by atoms with E-state index in [1.165, 1.54) is 0 Å². The van der Waals surface area contributed by atoms with Gasteiger partial charge in [-0.25, -0.2) is 0 Å². The molecular weight excluding hydrogens is 280 g/mol. The molecular formula is C12H20N4O3S. The van der Waals surface area contributed by atoms with Gasteiger partial charge in [-0.2, -0.15) is 11.8 Å². The van der Waals surface area contributed by atoms with E-state index < -0.39 is 4.92 Å². The summed E-state index contributed by atoms with van der Waals surface area (Å²) < 4.78 is 5.53. The minimum atomic E-state index is -0.489. The Bertz CT molecular complexity index is 412. The Balaban J connectivity index is 2.26. The van der Waals surface area contributed by atoms with Crippen LogP contribution < -0.4 is 10.6 Å². The Kier molecular flexibility index (Phi) is 7.10. The lowest BCUT2D eigenvalue weighted by atomic mass is 10.1. The lowest BCUT2D eigenvalue weighted by molar-refractivity contribution is -0.404. The summed E-state index contributed by atoms with van der Waals surface area (Å²) in [5.74, 6) is 2.02. The van der Waals surface area contributed by atoms with Gasteiger partial charge in [-0.3, -0.25) is 15.1 Å². The van der Waals surface area contributed by atoms with Crippen LogP contribution >= 0.6 is 11.8 Å². The van der Waals surface area contributed by atoms with Crippen LogP contribution in [-0.2, 0) is 4.74 Å². The van der Waals surface area contributed by atoms with Crippen LogP contribution in [-0.4, -0.2) is 55.5 Å². The lowest BCUT2D eigenvalue weighted by Crippen LogP contribution is -2.37. The number of methoxy groups -OCH3 is 1. The van der Waals surface area contributed by atoms with E-state index in [1.54, 1.807) is 32.1 Å². The monoisotopic (exact) mass is 300 g/mol. The maximum Gasteiger partial charge on any atom is 0.274 e. The Morgan fingerprint density at radius 3 is 3.05 bits per heavy atom. The number of nitro groups is 1. The van der Waals surface area contributed by atoms with Crippen LogP contribution in [0.15, 0.2) is 29.2 Å². The van der Waals surface area contributed by atoms with Crippen LogP contribution in [0, 0.1) is 10.1 Å². The second-order valence-corrected chi connectivity index (χ2v) is 5.28. The van der Waals surface area contributed by atoms with E-state index >= 15 is 0 Å². The van der Waals surface area contributed by atoms with Crippen molar-refractivity contribution in [1.29, 1.82) is 0 Å². The number of hydrogen-bond donors (Lipinski definition) is 2. The van der Waals surface area contributed by atoms with Crippen molar-refractivity contribution in [3.63, 3.8) is 0 Å². The quantitative estimate of drug-likeness (QED) is 0.369. The van der Waals surface area contributed by atoms with Crippen LogP contribution in [0.4, 0.5) is 0 Å². The molecule has 8 heteroatoms. The molecule has 0 aromatic heterocycles. The summed E-state index contributed by atoms with van der Waals surface area (Å²) >= 11 is 1.72. The summed E-state index contributed by atoms with van der Waals surface area (Å²) in [5, 5.41) is 16.1. The number of ether oxygens (including phenoxy) is 1. The highest BCUT2D eigenvalue weighted by molar-refractivity contribution is 7.99. The van der Waals surface area contributed by atoms with Gasteiger partial charge < -0.3 is 15.4 Å². The molecule has 1 atom stereocenters. The molecule has 1 rings (SSSR count). The first-order valence-electron chi connectivity index (χ1n) is 6.19. The Hall–Kier alpha value is -1.54. The van der Waals surface area contributed by atoms with E-state index in [-0.39, 0.29) is 5.60 Å². The van der Waals surface area contributed by atoms with Gasteiger partial charge in [-0.1, -0.05) is 0 Å². The van der Waals surface area contributed by atoms with Crippen molar-refractivity contribution in [2.45, 2.75) is 5.60 Å². The molecule has 0 amide bonds. The van der Waals surface area contributed by atoms with Crippen LogP contribution in [0.5, 0.6) is 0 Å². The fraction of sp³-hybridized carbons (Fsp3) is 0.583. The molecule has 1 unspecified atom stereocenters. The zero-order valence-electron chi connectivity index (χ0n) is 11.7. The van der Waals surface area contributed by atoms with Gasteiger partial charge in [0.1, 0.15) is 5.60 Å². The van der Waals surface area contributed by atoms with Crippen LogP contribution in [0.1, 0.15) is 0 Å².